The van der Waals surface area contributed by atoms with E-state index >= 15 is 0 Å². The van der Waals surface area contributed by atoms with E-state index in [-0.39, 0.29) is 24.5 Å². The maximum atomic E-state index is 12.8. The lowest BCUT2D eigenvalue weighted by atomic mass is 10.1. The number of rotatable bonds is 16. The van der Waals surface area contributed by atoms with E-state index in [0.29, 0.717) is 84.2 Å². The number of carbonyl (C=O) groups is 3. The molecule has 2 saturated heterocycles. The molecule has 390 valence electrons. The van der Waals surface area contributed by atoms with Crippen LogP contribution in [-0.2, 0) is 35.5 Å². The summed E-state index contributed by atoms with van der Waals surface area (Å²) in [6.07, 6.45) is 5.48. The molecule has 5 aromatic carbocycles. The second-order valence-corrected chi connectivity index (χ2v) is 18.8. The van der Waals surface area contributed by atoms with E-state index in [2.05, 4.69) is 55.4 Å². The number of benzene rings is 5. The van der Waals surface area contributed by atoms with Crippen molar-refractivity contribution >= 4 is 29.1 Å². The zero-order valence-electron chi connectivity index (χ0n) is 42.2. The molecule has 0 bridgehead atoms. The van der Waals surface area contributed by atoms with Crippen molar-refractivity contribution in [1.29, 1.82) is 0 Å². The Balaban J connectivity index is 0.000000177. The fourth-order valence-corrected chi connectivity index (χ4v) is 9.17. The van der Waals surface area contributed by atoms with Crippen molar-refractivity contribution < 1.29 is 42.8 Å². The second kappa shape index (κ2) is 24.6. The number of nitrogen functional groups attached to an aromatic ring is 1. The van der Waals surface area contributed by atoms with Gasteiger partial charge in [0, 0.05) is 96.0 Å². The van der Waals surface area contributed by atoms with Crippen LogP contribution in [0.3, 0.4) is 0 Å². The third-order valence-electron chi connectivity index (χ3n) is 13.5. The summed E-state index contributed by atoms with van der Waals surface area (Å²) in [7, 11) is 0. The Morgan fingerprint density at radius 1 is 0.500 bits per heavy atom. The van der Waals surface area contributed by atoms with Crippen molar-refractivity contribution in [2.75, 3.05) is 77.0 Å². The van der Waals surface area contributed by atoms with Crippen molar-refractivity contribution in [3.63, 3.8) is 0 Å². The molecule has 17 heteroatoms. The molecule has 4 aliphatic rings. The number of carbonyl (C=O) groups excluding carboxylic acids is 3. The first-order chi connectivity index (χ1) is 37.2. The maximum absolute atomic E-state index is 12.8. The molecular formula is C59H60N8O9. The highest BCUT2D eigenvalue weighted by molar-refractivity contribution is 6.04. The molecule has 3 amide bonds. The second-order valence-electron chi connectivity index (χ2n) is 18.8. The number of ether oxygens (including phenoxy) is 6. The van der Waals surface area contributed by atoms with E-state index < -0.39 is 0 Å². The Hall–Kier alpha value is -8.67. The number of nitrogens with two attached hydrogens (primary N) is 1. The van der Waals surface area contributed by atoms with Crippen LogP contribution < -0.4 is 39.5 Å². The van der Waals surface area contributed by atoms with E-state index in [4.69, 9.17) is 34.2 Å². The molecule has 0 unspecified atom stereocenters. The molecule has 11 rings (SSSR count). The molecule has 0 spiro atoms. The average molecular weight is 1030 g/mol. The normalized spacial score (nSPS) is 14.8. The molecule has 2 aromatic heterocycles. The lowest BCUT2D eigenvalue weighted by molar-refractivity contribution is -0.133. The number of aryl methyl sites for hydroxylation is 2. The summed E-state index contributed by atoms with van der Waals surface area (Å²) in [5.41, 5.74) is 11.9. The smallest absolute Gasteiger partial charge is 0.255 e. The summed E-state index contributed by atoms with van der Waals surface area (Å²) < 4.78 is 33.1. The van der Waals surface area contributed by atoms with Gasteiger partial charge >= 0.3 is 0 Å². The minimum atomic E-state index is -0.275. The SMILES string of the molecule is Nc1ccc(Oc2ccc(CCC(=O)N3CCN(Cc4ccc5c(c4)OCO5)CC3)cc2)nc1.O=C(Nc1ccc(Oc2ccc(CCC(=O)N3CCN(Cc4ccccc4)CC3)cc2)nc1)c1ccc2c(c1)OCO2. The quantitative estimate of drug-likeness (QED) is 0.0938. The van der Waals surface area contributed by atoms with Crippen LogP contribution in [0, 0.1) is 0 Å². The summed E-state index contributed by atoms with van der Waals surface area (Å²) in [6, 6.07) is 44.0. The number of nitrogens with zero attached hydrogens (tertiary/aromatic N) is 6. The lowest BCUT2D eigenvalue weighted by Crippen LogP contribution is -2.48. The number of pyridine rings is 2. The van der Waals surface area contributed by atoms with Gasteiger partial charge in [-0.1, -0.05) is 60.7 Å². The fraction of sp³-hybridized carbons (Fsp3) is 0.271. The van der Waals surface area contributed by atoms with E-state index in [1.54, 1.807) is 54.9 Å². The van der Waals surface area contributed by atoms with Gasteiger partial charge in [0.2, 0.25) is 37.2 Å². The highest BCUT2D eigenvalue weighted by Crippen LogP contribution is 2.34. The number of amides is 3. The molecule has 2 fully saturated rings. The van der Waals surface area contributed by atoms with Crippen LogP contribution in [-0.4, -0.2) is 113 Å². The Morgan fingerprint density at radius 2 is 1.00 bits per heavy atom. The minimum Gasteiger partial charge on any atom is -0.454 e. The van der Waals surface area contributed by atoms with Crippen LogP contribution >= 0.6 is 0 Å². The van der Waals surface area contributed by atoms with E-state index in [1.165, 1.54) is 11.1 Å². The van der Waals surface area contributed by atoms with Gasteiger partial charge in [-0.05, 0) is 102 Å². The molecule has 0 radical (unpaired) electrons. The monoisotopic (exact) mass is 1020 g/mol. The number of hydrogen-bond donors (Lipinski definition) is 2. The number of fused-ring (bicyclic) bond motifs is 2. The molecule has 17 nitrogen and oxygen atoms in total. The summed E-state index contributed by atoms with van der Waals surface area (Å²) in [5.74, 6) is 5.17. The van der Waals surface area contributed by atoms with Gasteiger partial charge < -0.3 is 49.3 Å². The Labute approximate surface area is 441 Å². The first-order valence-electron chi connectivity index (χ1n) is 25.6. The summed E-state index contributed by atoms with van der Waals surface area (Å²) >= 11 is 0. The average Bonchev–Trinajstić information content (AvgIpc) is 4.14. The molecule has 7 aromatic rings. The molecule has 0 atom stereocenters. The minimum absolute atomic E-state index is 0.155. The van der Waals surface area contributed by atoms with Crippen molar-refractivity contribution in [2.24, 2.45) is 0 Å². The number of nitrogens with one attached hydrogen (secondary N) is 1. The van der Waals surface area contributed by atoms with Gasteiger partial charge in [0.25, 0.3) is 5.91 Å². The van der Waals surface area contributed by atoms with Crippen molar-refractivity contribution in [3.8, 4) is 46.3 Å². The number of piperazine rings is 2. The largest absolute Gasteiger partial charge is 0.454 e. The third kappa shape index (κ3) is 13.9. The topological polar surface area (TPSA) is 183 Å². The van der Waals surface area contributed by atoms with Crippen LogP contribution in [0.25, 0.3) is 0 Å². The number of hydrogen-bond acceptors (Lipinski definition) is 14. The predicted octanol–water partition coefficient (Wildman–Crippen LogP) is 8.59. The van der Waals surface area contributed by atoms with E-state index in [9.17, 15) is 14.4 Å². The zero-order valence-corrected chi connectivity index (χ0v) is 42.2. The van der Waals surface area contributed by atoms with Crippen molar-refractivity contribution in [3.05, 3.63) is 180 Å². The standard InChI is InChI=1S/C33H32N4O5.C26H28N4O4/c38-32(37-18-16-36(17-19-37)22-25-4-2-1-3-5-25)15-8-24-6-11-28(12-7-24)42-31-14-10-27(21-34-31)35-33(39)26-9-13-29-30(20-26)41-23-40-29;27-21-5-9-25(28-16-21)34-22-6-1-19(2-7-22)4-10-26(31)30-13-11-29(12-14-30)17-20-3-8-23-24(15-20)33-18-32-23/h1-7,9-14,20-21H,8,15-19,22-23H2,(H,35,39);1-3,5-9,15-16H,4,10-14,17-18,27H2. The lowest BCUT2D eigenvalue weighted by Gasteiger charge is -2.34. The first kappa shape index (κ1) is 50.8. The molecule has 0 saturated carbocycles. The van der Waals surface area contributed by atoms with Crippen LogP contribution in [0.5, 0.6) is 46.3 Å². The van der Waals surface area contributed by atoms with Crippen LogP contribution in [0.2, 0.25) is 0 Å². The van der Waals surface area contributed by atoms with Gasteiger partial charge in [-0.25, -0.2) is 9.97 Å². The van der Waals surface area contributed by atoms with E-state index in [1.807, 2.05) is 76.5 Å². The molecular weight excluding hydrogens is 965 g/mol. The van der Waals surface area contributed by atoms with Gasteiger partial charge in [-0.2, -0.15) is 0 Å². The van der Waals surface area contributed by atoms with Crippen LogP contribution in [0.15, 0.2) is 152 Å². The number of anilines is 2. The molecule has 4 aliphatic heterocycles. The third-order valence-corrected chi connectivity index (χ3v) is 13.5. The number of aromatic nitrogens is 2. The summed E-state index contributed by atoms with van der Waals surface area (Å²) in [4.78, 5) is 55.3. The first-order valence-corrected chi connectivity index (χ1v) is 25.6. The Kier molecular flexibility index (Phi) is 16.4. The molecule has 0 aliphatic carbocycles. The van der Waals surface area contributed by atoms with Gasteiger partial charge in [0.05, 0.1) is 23.8 Å². The Bertz CT molecular complexity index is 3060. The van der Waals surface area contributed by atoms with Crippen molar-refractivity contribution in [1.82, 2.24) is 29.6 Å². The maximum Gasteiger partial charge on any atom is 0.255 e. The molecule has 76 heavy (non-hydrogen) atoms. The summed E-state index contributed by atoms with van der Waals surface area (Å²) in [6.45, 7) is 8.79. The highest BCUT2D eigenvalue weighted by Gasteiger charge is 2.24. The highest BCUT2D eigenvalue weighted by atomic mass is 16.7. The zero-order chi connectivity index (χ0) is 52.1. The molecule has 3 N–H and O–H groups in total. The van der Waals surface area contributed by atoms with Crippen LogP contribution in [0.4, 0.5) is 11.4 Å². The van der Waals surface area contributed by atoms with Gasteiger partial charge in [0.1, 0.15) is 11.5 Å². The van der Waals surface area contributed by atoms with Crippen LogP contribution in [0.1, 0.15) is 45.5 Å². The molecule has 6 heterocycles. The predicted molar refractivity (Wildman–Crippen MR) is 286 cm³/mol. The fourth-order valence-electron chi connectivity index (χ4n) is 9.17. The summed E-state index contributed by atoms with van der Waals surface area (Å²) in [5, 5.41) is 2.82. The Morgan fingerprint density at radius 3 is 1.54 bits per heavy atom. The van der Waals surface area contributed by atoms with Gasteiger partial charge in [-0.15, -0.1) is 0 Å². The van der Waals surface area contributed by atoms with Gasteiger partial charge in [0.15, 0.2) is 23.0 Å². The van der Waals surface area contributed by atoms with Crippen molar-refractivity contribution in [2.45, 2.75) is 38.8 Å². The van der Waals surface area contributed by atoms with Gasteiger partial charge in [-0.3, -0.25) is 24.2 Å². The van der Waals surface area contributed by atoms with E-state index in [0.717, 1.165) is 88.1 Å².